The fraction of sp³-hybridized carbons (Fsp3) is 0.571. The third-order valence-corrected chi connectivity index (χ3v) is 3.34. The molecule has 0 radical (unpaired) electrons. The molecule has 0 atom stereocenters. The summed E-state index contributed by atoms with van der Waals surface area (Å²) in [5, 5.41) is 3.25. The third-order valence-electron chi connectivity index (χ3n) is 3.34. The van der Waals surface area contributed by atoms with Crippen LogP contribution in [0.2, 0.25) is 0 Å². The van der Waals surface area contributed by atoms with Crippen LogP contribution in [-0.4, -0.2) is 25.9 Å². The van der Waals surface area contributed by atoms with Crippen molar-refractivity contribution in [2.75, 3.05) is 19.7 Å². The van der Waals surface area contributed by atoms with E-state index in [1.807, 2.05) is 19.1 Å². The molecule has 0 spiro atoms. The number of rotatable bonds is 3. The monoisotopic (exact) mass is 273 g/mol. The molecule has 1 aliphatic rings. The van der Waals surface area contributed by atoms with Crippen molar-refractivity contribution >= 4 is 0 Å². The van der Waals surface area contributed by atoms with Crippen LogP contribution in [0.3, 0.4) is 0 Å². The van der Waals surface area contributed by atoms with Crippen LogP contribution in [0.1, 0.15) is 29.9 Å². The minimum atomic E-state index is -4.30. The Hall–Kier alpha value is -1.23. The molecule has 2 nitrogen and oxygen atoms in total. The second-order valence-corrected chi connectivity index (χ2v) is 4.97. The summed E-state index contributed by atoms with van der Waals surface area (Å²) in [4.78, 5) is 0. The molecule has 1 saturated heterocycles. The molecule has 19 heavy (non-hydrogen) atoms. The van der Waals surface area contributed by atoms with Crippen LogP contribution in [0.5, 0.6) is 5.75 Å². The zero-order valence-corrected chi connectivity index (χ0v) is 10.9. The maximum Gasteiger partial charge on any atom is 0.422 e. The van der Waals surface area contributed by atoms with Gasteiger partial charge in [-0.1, -0.05) is 12.1 Å². The molecule has 5 heteroatoms. The van der Waals surface area contributed by atoms with Crippen molar-refractivity contribution < 1.29 is 17.9 Å². The summed E-state index contributed by atoms with van der Waals surface area (Å²) in [6.45, 7) is 2.43. The molecular weight excluding hydrogens is 255 g/mol. The summed E-state index contributed by atoms with van der Waals surface area (Å²) < 4.78 is 41.8. The highest BCUT2D eigenvalue weighted by Crippen LogP contribution is 2.34. The first kappa shape index (κ1) is 14.2. The summed E-state index contributed by atoms with van der Waals surface area (Å²) in [5.74, 6) is 0.661. The highest BCUT2D eigenvalue weighted by atomic mass is 19.4. The van der Waals surface area contributed by atoms with Gasteiger partial charge in [-0.15, -0.1) is 0 Å². The van der Waals surface area contributed by atoms with Gasteiger partial charge in [0.05, 0.1) is 0 Å². The Bertz CT molecular complexity index is 425. The van der Waals surface area contributed by atoms with Gasteiger partial charge in [-0.2, -0.15) is 13.2 Å². The molecular formula is C14H18F3NO. The summed E-state index contributed by atoms with van der Waals surface area (Å²) in [5.41, 5.74) is 1.81. The number of nitrogens with one attached hydrogen (secondary N) is 1. The Kier molecular flexibility index (Phi) is 4.34. The highest BCUT2D eigenvalue weighted by Gasteiger charge is 2.29. The van der Waals surface area contributed by atoms with E-state index in [0.717, 1.165) is 37.1 Å². The van der Waals surface area contributed by atoms with Crippen LogP contribution >= 0.6 is 0 Å². The lowest BCUT2D eigenvalue weighted by molar-refractivity contribution is -0.153. The van der Waals surface area contributed by atoms with Gasteiger partial charge in [0.25, 0.3) is 0 Å². The van der Waals surface area contributed by atoms with Gasteiger partial charge in [-0.3, -0.25) is 0 Å². The first-order valence-corrected chi connectivity index (χ1v) is 6.46. The van der Waals surface area contributed by atoms with Crippen molar-refractivity contribution in [3.05, 3.63) is 29.3 Å². The first-order chi connectivity index (χ1) is 8.96. The van der Waals surface area contributed by atoms with Crippen LogP contribution in [0, 0.1) is 6.92 Å². The van der Waals surface area contributed by atoms with Gasteiger partial charge < -0.3 is 10.1 Å². The van der Waals surface area contributed by atoms with E-state index in [-0.39, 0.29) is 5.92 Å². The molecule has 0 aromatic heterocycles. The zero-order chi connectivity index (χ0) is 13.9. The number of hydrogen-bond donors (Lipinski definition) is 1. The minimum absolute atomic E-state index is 0.282. The standard InChI is InChI=1S/C14H18F3NO/c1-10-2-3-12(11-4-6-18-7-5-11)13(8-10)19-9-14(15,16)17/h2-3,8,11,18H,4-7,9H2,1H3. The first-order valence-electron chi connectivity index (χ1n) is 6.46. The van der Waals surface area contributed by atoms with E-state index < -0.39 is 12.8 Å². The quantitative estimate of drug-likeness (QED) is 0.911. The summed E-state index contributed by atoms with van der Waals surface area (Å²) >= 11 is 0. The maximum absolute atomic E-state index is 12.3. The van der Waals surface area contributed by atoms with E-state index in [1.54, 1.807) is 6.07 Å². The average molecular weight is 273 g/mol. The number of aryl methyl sites for hydroxylation is 1. The molecule has 0 unspecified atom stereocenters. The van der Waals surface area contributed by atoms with Gasteiger partial charge in [-0.25, -0.2) is 0 Å². The van der Waals surface area contributed by atoms with E-state index in [9.17, 15) is 13.2 Å². The summed E-state index contributed by atoms with van der Waals surface area (Å²) in [6.07, 6.45) is -2.42. The topological polar surface area (TPSA) is 21.3 Å². The Morgan fingerprint density at radius 2 is 1.95 bits per heavy atom. The Morgan fingerprint density at radius 1 is 1.26 bits per heavy atom. The number of hydrogen-bond acceptors (Lipinski definition) is 2. The molecule has 1 fully saturated rings. The van der Waals surface area contributed by atoms with Crippen LogP contribution in [0.25, 0.3) is 0 Å². The minimum Gasteiger partial charge on any atom is -0.484 e. The van der Waals surface area contributed by atoms with Crippen molar-refractivity contribution in [2.45, 2.75) is 31.9 Å². The second-order valence-electron chi connectivity index (χ2n) is 4.97. The lowest BCUT2D eigenvalue weighted by Crippen LogP contribution is -2.27. The maximum atomic E-state index is 12.3. The Labute approximate surface area is 111 Å². The average Bonchev–Trinajstić information content (AvgIpc) is 2.37. The van der Waals surface area contributed by atoms with Gasteiger partial charge in [0.15, 0.2) is 6.61 Å². The van der Waals surface area contributed by atoms with Gasteiger partial charge in [0.1, 0.15) is 5.75 Å². The molecule has 106 valence electrons. The molecule has 1 aromatic rings. The summed E-state index contributed by atoms with van der Waals surface area (Å²) in [6, 6.07) is 5.53. The van der Waals surface area contributed by atoms with E-state index in [2.05, 4.69) is 5.32 Å². The van der Waals surface area contributed by atoms with Gasteiger partial charge in [0, 0.05) is 0 Å². The van der Waals surface area contributed by atoms with Crippen molar-refractivity contribution in [3.63, 3.8) is 0 Å². The van der Waals surface area contributed by atoms with E-state index in [1.165, 1.54) is 0 Å². The molecule has 0 amide bonds. The fourth-order valence-corrected chi connectivity index (χ4v) is 2.40. The van der Waals surface area contributed by atoms with Crippen LogP contribution in [0.15, 0.2) is 18.2 Å². The number of ether oxygens (including phenoxy) is 1. The smallest absolute Gasteiger partial charge is 0.422 e. The van der Waals surface area contributed by atoms with Crippen molar-refractivity contribution in [3.8, 4) is 5.75 Å². The lowest BCUT2D eigenvalue weighted by Gasteiger charge is -2.25. The fourth-order valence-electron chi connectivity index (χ4n) is 2.40. The normalized spacial score (nSPS) is 17.5. The molecule has 1 N–H and O–H groups in total. The molecule has 1 heterocycles. The predicted molar refractivity (Wildman–Crippen MR) is 67.6 cm³/mol. The SMILES string of the molecule is Cc1ccc(C2CCNCC2)c(OCC(F)(F)F)c1. The third kappa shape index (κ3) is 4.13. The lowest BCUT2D eigenvalue weighted by atomic mass is 9.89. The number of benzene rings is 1. The number of halogens is 3. The molecule has 0 aliphatic carbocycles. The Morgan fingerprint density at radius 3 is 2.58 bits per heavy atom. The molecule has 2 rings (SSSR count). The van der Waals surface area contributed by atoms with Crippen molar-refractivity contribution in [1.29, 1.82) is 0 Å². The van der Waals surface area contributed by atoms with Gasteiger partial charge in [-0.05, 0) is 56.0 Å². The van der Waals surface area contributed by atoms with Crippen LogP contribution in [0.4, 0.5) is 13.2 Å². The van der Waals surface area contributed by atoms with E-state index in [4.69, 9.17) is 4.74 Å². The zero-order valence-electron chi connectivity index (χ0n) is 10.9. The molecule has 0 saturated carbocycles. The number of alkyl halides is 3. The summed E-state index contributed by atoms with van der Waals surface area (Å²) in [7, 11) is 0. The molecule has 1 aliphatic heterocycles. The van der Waals surface area contributed by atoms with Crippen LogP contribution in [-0.2, 0) is 0 Å². The van der Waals surface area contributed by atoms with E-state index >= 15 is 0 Å². The Balaban J connectivity index is 2.17. The van der Waals surface area contributed by atoms with E-state index in [0.29, 0.717) is 5.75 Å². The van der Waals surface area contributed by atoms with Gasteiger partial charge >= 0.3 is 6.18 Å². The van der Waals surface area contributed by atoms with Crippen molar-refractivity contribution in [1.82, 2.24) is 5.32 Å². The molecule has 0 bridgehead atoms. The van der Waals surface area contributed by atoms with Crippen LogP contribution < -0.4 is 10.1 Å². The largest absolute Gasteiger partial charge is 0.484 e. The number of piperidine rings is 1. The second kappa shape index (κ2) is 5.82. The predicted octanol–water partition coefficient (Wildman–Crippen LogP) is 3.40. The molecule has 1 aromatic carbocycles. The highest BCUT2D eigenvalue weighted by molar-refractivity contribution is 5.40. The van der Waals surface area contributed by atoms with Gasteiger partial charge in [0.2, 0.25) is 0 Å². The van der Waals surface area contributed by atoms with Crippen molar-refractivity contribution in [2.24, 2.45) is 0 Å².